The lowest BCUT2D eigenvalue weighted by Gasteiger charge is -2.00. The quantitative estimate of drug-likeness (QED) is 0.341. The van der Waals surface area contributed by atoms with Gasteiger partial charge in [0.25, 0.3) is 5.91 Å². The fraction of sp³-hybridized carbons (Fsp3) is 0.0435. The van der Waals surface area contributed by atoms with Crippen LogP contribution >= 0.6 is 0 Å². The van der Waals surface area contributed by atoms with Gasteiger partial charge in [0.05, 0.1) is 22.8 Å². The highest BCUT2D eigenvalue weighted by Gasteiger charge is 2.09. The summed E-state index contributed by atoms with van der Waals surface area (Å²) in [4.78, 5) is 31.1. The van der Waals surface area contributed by atoms with Crippen LogP contribution in [0.3, 0.4) is 0 Å². The van der Waals surface area contributed by atoms with Crippen molar-refractivity contribution in [2.24, 2.45) is 5.10 Å². The lowest BCUT2D eigenvalue weighted by Crippen LogP contribution is -2.17. The van der Waals surface area contributed by atoms with Crippen LogP contribution in [0.25, 0.3) is 11.0 Å². The molecule has 0 bridgehead atoms. The molecule has 7 heteroatoms. The van der Waals surface area contributed by atoms with Gasteiger partial charge in [-0.05, 0) is 41.5 Å². The molecule has 0 saturated heterocycles. The van der Waals surface area contributed by atoms with Crippen molar-refractivity contribution in [3.8, 4) is 0 Å². The van der Waals surface area contributed by atoms with E-state index in [0.717, 1.165) is 22.4 Å². The Morgan fingerprint density at radius 3 is 2.47 bits per heavy atom. The summed E-state index contributed by atoms with van der Waals surface area (Å²) in [7, 11) is 0. The van der Waals surface area contributed by atoms with Gasteiger partial charge in [-0.1, -0.05) is 42.5 Å². The van der Waals surface area contributed by atoms with Crippen LogP contribution in [0.2, 0.25) is 0 Å². The number of nitrogens with one attached hydrogen (secondary N) is 2. The number of carboxylic acids is 1. The number of nitrogens with zero attached hydrogens (tertiary/aromatic N) is 2. The lowest BCUT2D eigenvalue weighted by atomic mass is 10.1. The Morgan fingerprint density at radius 2 is 1.73 bits per heavy atom. The molecule has 1 aromatic heterocycles. The highest BCUT2D eigenvalue weighted by molar-refractivity contribution is 5.98. The largest absolute Gasteiger partial charge is 0.478 e. The Labute approximate surface area is 172 Å². The molecule has 0 radical (unpaired) electrons. The lowest BCUT2D eigenvalue weighted by molar-refractivity contribution is 0.0696. The number of aromatic amines is 1. The number of aromatic nitrogens is 2. The van der Waals surface area contributed by atoms with Crippen LogP contribution in [-0.2, 0) is 6.42 Å². The fourth-order valence-corrected chi connectivity index (χ4v) is 3.02. The molecule has 0 spiro atoms. The van der Waals surface area contributed by atoms with Crippen LogP contribution in [0, 0.1) is 0 Å². The van der Waals surface area contributed by atoms with Crippen molar-refractivity contribution in [2.75, 3.05) is 0 Å². The van der Waals surface area contributed by atoms with Gasteiger partial charge in [0.1, 0.15) is 5.82 Å². The van der Waals surface area contributed by atoms with E-state index in [9.17, 15) is 9.59 Å². The predicted molar refractivity (Wildman–Crippen MR) is 114 cm³/mol. The summed E-state index contributed by atoms with van der Waals surface area (Å²) in [5.74, 6) is -0.515. The minimum absolute atomic E-state index is 0.190. The highest BCUT2D eigenvalue weighted by atomic mass is 16.4. The first-order chi connectivity index (χ1) is 14.6. The van der Waals surface area contributed by atoms with Crippen molar-refractivity contribution in [1.82, 2.24) is 15.4 Å². The Hall–Kier alpha value is -4.26. The molecule has 30 heavy (non-hydrogen) atoms. The summed E-state index contributed by atoms with van der Waals surface area (Å²) < 4.78 is 0. The van der Waals surface area contributed by atoms with Gasteiger partial charge in [0.15, 0.2) is 0 Å². The smallest absolute Gasteiger partial charge is 0.335 e. The number of carboxylic acid groups (broad SMARTS) is 1. The fourth-order valence-electron chi connectivity index (χ4n) is 3.02. The maximum Gasteiger partial charge on any atom is 0.335 e. The molecule has 3 N–H and O–H groups in total. The number of fused-ring (bicyclic) bond motifs is 1. The van der Waals surface area contributed by atoms with Crippen molar-refractivity contribution in [3.05, 3.63) is 101 Å². The number of benzene rings is 3. The van der Waals surface area contributed by atoms with Gasteiger partial charge in [-0.3, -0.25) is 4.79 Å². The van der Waals surface area contributed by atoms with E-state index in [2.05, 4.69) is 20.5 Å². The number of hydrazone groups is 1. The third-order valence-corrected chi connectivity index (χ3v) is 4.54. The zero-order valence-electron chi connectivity index (χ0n) is 15.9. The summed E-state index contributed by atoms with van der Waals surface area (Å²) in [6.07, 6.45) is 2.14. The Kier molecular flexibility index (Phi) is 5.34. The first-order valence-corrected chi connectivity index (χ1v) is 9.28. The van der Waals surface area contributed by atoms with E-state index >= 15 is 0 Å². The molecule has 0 fully saturated rings. The number of H-pyrrole nitrogens is 1. The Bertz CT molecular complexity index is 1230. The first kappa shape index (κ1) is 19.1. The molecule has 0 atom stereocenters. The normalized spacial score (nSPS) is 11.1. The van der Waals surface area contributed by atoms with E-state index in [4.69, 9.17) is 5.11 Å². The van der Waals surface area contributed by atoms with Gasteiger partial charge in [-0.2, -0.15) is 5.10 Å². The van der Waals surface area contributed by atoms with Crippen molar-refractivity contribution < 1.29 is 14.7 Å². The molecule has 1 heterocycles. The second kappa shape index (κ2) is 8.40. The topological polar surface area (TPSA) is 107 Å². The molecule has 0 aliphatic heterocycles. The van der Waals surface area contributed by atoms with E-state index in [-0.39, 0.29) is 11.5 Å². The zero-order valence-corrected chi connectivity index (χ0v) is 15.9. The second-order valence-electron chi connectivity index (χ2n) is 6.70. The Balaban J connectivity index is 1.43. The standard InChI is InChI=1S/C23H18N4O3/c28-22(27-24-14-16-6-8-17(9-7-16)23(29)30)18-10-11-19-20(13-18)26-21(25-19)12-15-4-2-1-3-5-15/h1-11,13-14H,12H2,(H,25,26)(H,27,28)(H,29,30)/b24-14-. The third-order valence-electron chi connectivity index (χ3n) is 4.54. The molecule has 0 saturated carbocycles. The van der Waals surface area contributed by atoms with Crippen molar-refractivity contribution >= 4 is 29.1 Å². The molecule has 1 amide bonds. The minimum atomic E-state index is -0.993. The first-order valence-electron chi connectivity index (χ1n) is 9.28. The molecule has 3 aromatic carbocycles. The van der Waals surface area contributed by atoms with Crippen molar-refractivity contribution in [3.63, 3.8) is 0 Å². The van der Waals surface area contributed by atoms with Gasteiger partial charge in [-0.15, -0.1) is 0 Å². The van der Waals surface area contributed by atoms with Gasteiger partial charge in [0.2, 0.25) is 0 Å². The summed E-state index contributed by atoms with van der Waals surface area (Å²) in [6, 6.07) is 21.4. The zero-order chi connectivity index (χ0) is 20.9. The second-order valence-corrected chi connectivity index (χ2v) is 6.70. The van der Waals surface area contributed by atoms with E-state index < -0.39 is 5.97 Å². The maximum atomic E-state index is 12.4. The van der Waals surface area contributed by atoms with Gasteiger partial charge < -0.3 is 10.1 Å². The van der Waals surface area contributed by atoms with Crippen LogP contribution < -0.4 is 5.43 Å². The summed E-state index contributed by atoms with van der Waals surface area (Å²) >= 11 is 0. The van der Waals surface area contributed by atoms with Crippen molar-refractivity contribution in [1.29, 1.82) is 0 Å². The SMILES string of the molecule is O=C(O)c1ccc(/C=N\NC(=O)c2ccc3nc(Cc4ccccc4)[nH]c3c2)cc1. The number of amides is 1. The van der Waals surface area contributed by atoms with Crippen LogP contribution in [-0.4, -0.2) is 33.2 Å². The molecular weight excluding hydrogens is 380 g/mol. The highest BCUT2D eigenvalue weighted by Crippen LogP contribution is 2.16. The number of imidazole rings is 1. The van der Waals surface area contributed by atoms with E-state index in [0.29, 0.717) is 17.5 Å². The van der Waals surface area contributed by atoms with Crippen LogP contribution in [0.1, 0.15) is 37.7 Å². The molecule has 148 valence electrons. The predicted octanol–water partition coefficient (Wildman–Crippen LogP) is 3.62. The average Bonchev–Trinajstić information content (AvgIpc) is 3.16. The molecule has 0 aliphatic carbocycles. The molecule has 7 nitrogen and oxygen atoms in total. The van der Waals surface area contributed by atoms with Gasteiger partial charge in [-0.25, -0.2) is 15.2 Å². The van der Waals surface area contributed by atoms with E-state index in [1.807, 2.05) is 30.3 Å². The monoisotopic (exact) mass is 398 g/mol. The van der Waals surface area contributed by atoms with E-state index in [1.54, 1.807) is 30.3 Å². The van der Waals surface area contributed by atoms with Crippen LogP contribution in [0.4, 0.5) is 0 Å². The summed E-state index contributed by atoms with van der Waals surface area (Å²) in [5, 5.41) is 12.8. The summed E-state index contributed by atoms with van der Waals surface area (Å²) in [5.41, 5.74) is 6.52. The molecule has 0 aliphatic rings. The number of rotatable bonds is 6. The van der Waals surface area contributed by atoms with Gasteiger partial charge >= 0.3 is 5.97 Å². The van der Waals surface area contributed by atoms with Gasteiger partial charge in [0, 0.05) is 12.0 Å². The molecule has 4 aromatic rings. The van der Waals surface area contributed by atoms with Crippen LogP contribution in [0.15, 0.2) is 77.9 Å². The number of aromatic carboxylic acids is 1. The average molecular weight is 398 g/mol. The number of hydrogen-bond acceptors (Lipinski definition) is 4. The summed E-state index contributed by atoms with van der Waals surface area (Å²) in [6.45, 7) is 0. The third kappa shape index (κ3) is 4.41. The number of hydrogen-bond donors (Lipinski definition) is 3. The molecular formula is C23H18N4O3. The Morgan fingerprint density at radius 1 is 1.00 bits per heavy atom. The minimum Gasteiger partial charge on any atom is -0.478 e. The van der Waals surface area contributed by atoms with E-state index in [1.165, 1.54) is 18.3 Å². The maximum absolute atomic E-state index is 12.4. The van der Waals surface area contributed by atoms with Crippen molar-refractivity contribution in [2.45, 2.75) is 6.42 Å². The van der Waals surface area contributed by atoms with Crippen LogP contribution in [0.5, 0.6) is 0 Å². The molecule has 4 rings (SSSR count). The number of carbonyl (C=O) groups is 2. The number of carbonyl (C=O) groups excluding carboxylic acids is 1. The molecule has 0 unspecified atom stereocenters.